The van der Waals surface area contributed by atoms with Gasteiger partial charge in [-0.1, -0.05) is 12.8 Å². The van der Waals surface area contributed by atoms with Crippen LogP contribution in [0.4, 0.5) is 4.39 Å². The largest absolute Gasteiger partial charge is 0.487 e. The Kier molecular flexibility index (Phi) is 4.42. The summed E-state index contributed by atoms with van der Waals surface area (Å²) in [5.41, 5.74) is 0. The molecule has 0 aliphatic heterocycles. The standard InChI is InChI=1S/C13H18FNO3S/c14-12-9-11(19(15,16)17)7-8-13(12)18-10-5-3-1-2-4-6-10/h7-10H,1-6H2,(H2,15,16,17). The minimum Gasteiger partial charge on any atom is -0.487 e. The summed E-state index contributed by atoms with van der Waals surface area (Å²) in [7, 11) is -3.88. The van der Waals surface area contributed by atoms with E-state index in [0.29, 0.717) is 0 Å². The molecule has 0 saturated heterocycles. The highest BCUT2D eigenvalue weighted by Gasteiger charge is 2.17. The Labute approximate surface area is 112 Å². The fraction of sp³-hybridized carbons (Fsp3) is 0.538. The van der Waals surface area contributed by atoms with Crippen LogP contribution in [-0.4, -0.2) is 14.5 Å². The second kappa shape index (κ2) is 5.88. The molecule has 1 saturated carbocycles. The highest BCUT2D eigenvalue weighted by atomic mass is 32.2. The molecular weight excluding hydrogens is 269 g/mol. The van der Waals surface area contributed by atoms with Crippen LogP contribution in [0.15, 0.2) is 23.1 Å². The molecule has 1 aliphatic rings. The van der Waals surface area contributed by atoms with Gasteiger partial charge >= 0.3 is 0 Å². The van der Waals surface area contributed by atoms with Crippen LogP contribution >= 0.6 is 0 Å². The van der Waals surface area contributed by atoms with E-state index in [1.54, 1.807) is 0 Å². The Morgan fingerprint density at radius 2 is 1.79 bits per heavy atom. The monoisotopic (exact) mass is 287 g/mol. The van der Waals surface area contributed by atoms with Crippen molar-refractivity contribution in [2.45, 2.75) is 49.5 Å². The fourth-order valence-corrected chi connectivity index (χ4v) is 2.82. The molecule has 2 N–H and O–H groups in total. The van der Waals surface area contributed by atoms with Crippen molar-refractivity contribution in [1.82, 2.24) is 0 Å². The van der Waals surface area contributed by atoms with Crippen molar-refractivity contribution in [3.63, 3.8) is 0 Å². The summed E-state index contributed by atoms with van der Waals surface area (Å²) >= 11 is 0. The lowest BCUT2D eigenvalue weighted by molar-refractivity contribution is 0.175. The van der Waals surface area contributed by atoms with Crippen LogP contribution in [0.1, 0.15) is 38.5 Å². The molecule has 4 nitrogen and oxygen atoms in total. The molecule has 0 aromatic heterocycles. The normalized spacial score (nSPS) is 18.0. The van der Waals surface area contributed by atoms with Crippen molar-refractivity contribution in [2.24, 2.45) is 5.14 Å². The molecule has 19 heavy (non-hydrogen) atoms. The molecule has 0 unspecified atom stereocenters. The molecule has 1 aliphatic carbocycles. The molecule has 2 rings (SSSR count). The summed E-state index contributed by atoms with van der Waals surface area (Å²) in [4.78, 5) is -0.238. The second-order valence-corrected chi connectivity index (χ2v) is 6.43. The van der Waals surface area contributed by atoms with Gasteiger partial charge in [0.15, 0.2) is 11.6 Å². The van der Waals surface area contributed by atoms with E-state index in [4.69, 9.17) is 9.88 Å². The SMILES string of the molecule is NS(=O)(=O)c1ccc(OC2CCCCCC2)c(F)c1. The van der Waals surface area contributed by atoms with Gasteiger partial charge in [0.2, 0.25) is 10.0 Å². The Morgan fingerprint density at radius 3 is 2.32 bits per heavy atom. The first-order valence-electron chi connectivity index (χ1n) is 6.46. The van der Waals surface area contributed by atoms with Crippen LogP contribution in [0.25, 0.3) is 0 Å². The quantitative estimate of drug-likeness (QED) is 0.869. The van der Waals surface area contributed by atoms with E-state index >= 15 is 0 Å². The van der Waals surface area contributed by atoms with Crippen LogP contribution in [-0.2, 0) is 10.0 Å². The van der Waals surface area contributed by atoms with Gasteiger partial charge < -0.3 is 4.74 Å². The van der Waals surface area contributed by atoms with E-state index < -0.39 is 15.8 Å². The lowest BCUT2D eigenvalue weighted by Gasteiger charge is -2.17. The van der Waals surface area contributed by atoms with Gasteiger partial charge in [0.1, 0.15) is 0 Å². The van der Waals surface area contributed by atoms with Crippen LogP contribution in [0, 0.1) is 5.82 Å². The first-order chi connectivity index (χ1) is 8.97. The molecule has 0 amide bonds. The number of sulfonamides is 1. The second-order valence-electron chi connectivity index (χ2n) is 4.87. The van der Waals surface area contributed by atoms with Gasteiger partial charge in [-0.2, -0.15) is 0 Å². The Balaban J connectivity index is 2.12. The summed E-state index contributed by atoms with van der Waals surface area (Å²) in [5, 5.41) is 4.95. The Morgan fingerprint density at radius 1 is 1.16 bits per heavy atom. The lowest BCUT2D eigenvalue weighted by atomic mass is 10.1. The van der Waals surface area contributed by atoms with Crippen LogP contribution in [0.2, 0.25) is 0 Å². The predicted octanol–water partition coefficient (Wildman–Crippen LogP) is 2.57. The maximum absolute atomic E-state index is 13.8. The summed E-state index contributed by atoms with van der Waals surface area (Å²) in [5.74, 6) is -0.588. The number of hydrogen-bond acceptors (Lipinski definition) is 3. The van der Waals surface area contributed by atoms with Crippen molar-refractivity contribution < 1.29 is 17.5 Å². The molecule has 0 bridgehead atoms. The van der Waals surface area contributed by atoms with E-state index in [1.807, 2.05) is 0 Å². The zero-order valence-electron chi connectivity index (χ0n) is 10.6. The van der Waals surface area contributed by atoms with Crippen LogP contribution in [0.3, 0.4) is 0 Å². The van der Waals surface area contributed by atoms with Crippen molar-refractivity contribution in [2.75, 3.05) is 0 Å². The maximum atomic E-state index is 13.8. The minimum absolute atomic E-state index is 0.0114. The first-order valence-corrected chi connectivity index (χ1v) is 8.00. The number of halogens is 1. The maximum Gasteiger partial charge on any atom is 0.238 e. The highest BCUT2D eigenvalue weighted by molar-refractivity contribution is 7.89. The van der Waals surface area contributed by atoms with Gasteiger partial charge in [-0.05, 0) is 43.9 Å². The molecule has 106 valence electrons. The fourth-order valence-electron chi connectivity index (χ4n) is 2.29. The average Bonchev–Trinajstić information content (AvgIpc) is 2.59. The average molecular weight is 287 g/mol. The Bertz CT molecular complexity index is 537. The van der Waals surface area contributed by atoms with Crippen LogP contribution in [0.5, 0.6) is 5.75 Å². The highest BCUT2D eigenvalue weighted by Crippen LogP contribution is 2.26. The number of rotatable bonds is 3. The smallest absolute Gasteiger partial charge is 0.238 e. The van der Waals surface area contributed by atoms with Gasteiger partial charge in [0, 0.05) is 0 Å². The third kappa shape index (κ3) is 3.91. The zero-order chi connectivity index (χ0) is 13.9. The molecule has 0 radical (unpaired) electrons. The number of ether oxygens (including phenoxy) is 1. The van der Waals surface area contributed by atoms with Gasteiger partial charge in [-0.15, -0.1) is 0 Å². The number of hydrogen-bond donors (Lipinski definition) is 1. The van der Waals surface area contributed by atoms with E-state index in [2.05, 4.69) is 0 Å². The van der Waals surface area contributed by atoms with Crippen LogP contribution < -0.4 is 9.88 Å². The summed E-state index contributed by atoms with van der Waals surface area (Å²) < 4.78 is 41.6. The van der Waals surface area contributed by atoms with Crippen molar-refractivity contribution in [1.29, 1.82) is 0 Å². The molecular formula is C13H18FNO3S. The Hall–Kier alpha value is -1.14. The number of primary sulfonamides is 1. The van der Waals surface area contributed by atoms with Crippen molar-refractivity contribution >= 4 is 10.0 Å². The van der Waals surface area contributed by atoms with Crippen molar-refractivity contribution in [3.05, 3.63) is 24.0 Å². The minimum atomic E-state index is -3.88. The van der Waals surface area contributed by atoms with Gasteiger partial charge in [-0.25, -0.2) is 17.9 Å². The predicted molar refractivity (Wildman–Crippen MR) is 69.9 cm³/mol. The van der Waals surface area contributed by atoms with Crippen molar-refractivity contribution in [3.8, 4) is 5.75 Å². The van der Waals surface area contributed by atoms with E-state index in [1.165, 1.54) is 25.0 Å². The summed E-state index contributed by atoms with van der Waals surface area (Å²) in [6.45, 7) is 0. The number of benzene rings is 1. The first kappa shape index (κ1) is 14.3. The van der Waals surface area contributed by atoms with E-state index in [9.17, 15) is 12.8 Å². The topological polar surface area (TPSA) is 69.4 Å². The van der Waals surface area contributed by atoms with Gasteiger partial charge in [-0.3, -0.25) is 0 Å². The summed E-state index contributed by atoms with van der Waals surface area (Å²) in [6, 6.07) is 3.51. The van der Waals surface area contributed by atoms with Gasteiger partial charge in [0.25, 0.3) is 0 Å². The van der Waals surface area contributed by atoms with Gasteiger partial charge in [0.05, 0.1) is 11.0 Å². The molecule has 1 fully saturated rings. The molecule has 0 spiro atoms. The third-order valence-electron chi connectivity index (χ3n) is 3.33. The molecule has 0 atom stereocenters. The summed E-state index contributed by atoms with van der Waals surface area (Å²) in [6.07, 6.45) is 6.38. The molecule has 0 heterocycles. The lowest BCUT2D eigenvalue weighted by Crippen LogP contribution is -2.16. The third-order valence-corrected chi connectivity index (χ3v) is 4.24. The number of nitrogens with two attached hydrogens (primary N) is 1. The molecule has 1 aromatic rings. The van der Waals surface area contributed by atoms with E-state index in [-0.39, 0.29) is 16.7 Å². The molecule has 1 aromatic carbocycles. The zero-order valence-corrected chi connectivity index (χ0v) is 11.5. The van der Waals surface area contributed by atoms with E-state index in [0.717, 1.165) is 31.7 Å². The molecule has 6 heteroatoms.